The lowest BCUT2D eigenvalue weighted by atomic mass is 10.1. The molecule has 0 bridgehead atoms. The highest BCUT2D eigenvalue weighted by molar-refractivity contribution is 5.74. The summed E-state index contributed by atoms with van der Waals surface area (Å²) in [7, 11) is 0. The quantitative estimate of drug-likeness (QED) is 0.749. The minimum atomic E-state index is -0.587. The molecule has 1 aliphatic rings. The smallest absolute Gasteiger partial charge is 0.315 e. The molecular formula is C13H20N2O3. The van der Waals surface area contributed by atoms with Crippen LogP contribution in [0.15, 0.2) is 23.0 Å². The summed E-state index contributed by atoms with van der Waals surface area (Å²) in [5.41, 5.74) is 0.744. The maximum atomic E-state index is 11.5. The van der Waals surface area contributed by atoms with Crippen molar-refractivity contribution < 1.29 is 14.3 Å². The normalized spacial score (nSPS) is 17.6. The van der Waals surface area contributed by atoms with E-state index in [0.717, 1.165) is 18.4 Å². The number of aliphatic hydroxyl groups is 1. The molecule has 2 rings (SSSR count). The summed E-state index contributed by atoms with van der Waals surface area (Å²) < 4.78 is 4.89. The van der Waals surface area contributed by atoms with Crippen molar-refractivity contribution in [2.75, 3.05) is 6.54 Å². The molecule has 1 aliphatic carbocycles. The molecule has 5 heteroatoms. The van der Waals surface area contributed by atoms with Crippen molar-refractivity contribution in [2.45, 2.75) is 44.2 Å². The second-order valence-electron chi connectivity index (χ2n) is 4.74. The number of nitrogens with one attached hydrogen (secondary N) is 2. The van der Waals surface area contributed by atoms with Gasteiger partial charge in [-0.15, -0.1) is 0 Å². The minimum absolute atomic E-state index is 0.138. The average molecular weight is 252 g/mol. The molecule has 0 aromatic carbocycles. The first-order chi connectivity index (χ1) is 8.75. The molecule has 0 aliphatic heterocycles. The second-order valence-corrected chi connectivity index (χ2v) is 4.74. The average Bonchev–Trinajstić information content (AvgIpc) is 3.00. The van der Waals surface area contributed by atoms with Crippen molar-refractivity contribution in [2.24, 2.45) is 0 Å². The maximum Gasteiger partial charge on any atom is 0.315 e. The number of carbonyl (C=O) groups excluding carboxylic acids is 1. The number of urea groups is 1. The second kappa shape index (κ2) is 6.44. The largest absolute Gasteiger partial charge is 0.472 e. The molecule has 1 aromatic rings. The standard InChI is InChI=1S/C13H20N2O3/c16-12(10-6-8-18-9-10)5-7-14-13(17)15-11-3-1-2-4-11/h6,8-9,11-12,16H,1-5,7H2,(H2,14,15,17)/t12-/m0/s1. The van der Waals surface area contributed by atoms with Crippen LogP contribution in [0.2, 0.25) is 0 Å². The number of carbonyl (C=O) groups is 1. The van der Waals surface area contributed by atoms with Gasteiger partial charge in [-0.25, -0.2) is 4.79 Å². The molecule has 3 N–H and O–H groups in total. The molecule has 1 atom stereocenters. The predicted molar refractivity (Wildman–Crippen MR) is 67.1 cm³/mol. The Morgan fingerprint density at radius 1 is 1.50 bits per heavy atom. The van der Waals surface area contributed by atoms with Crippen LogP contribution < -0.4 is 10.6 Å². The van der Waals surface area contributed by atoms with Gasteiger partial charge < -0.3 is 20.2 Å². The molecule has 0 saturated heterocycles. The summed E-state index contributed by atoms with van der Waals surface area (Å²) in [6, 6.07) is 1.91. The van der Waals surface area contributed by atoms with Crippen molar-refractivity contribution in [1.82, 2.24) is 10.6 Å². The lowest BCUT2D eigenvalue weighted by Gasteiger charge is -2.14. The molecule has 2 amide bonds. The third kappa shape index (κ3) is 3.77. The third-order valence-electron chi connectivity index (χ3n) is 3.32. The third-order valence-corrected chi connectivity index (χ3v) is 3.32. The van der Waals surface area contributed by atoms with E-state index in [2.05, 4.69) is 10.6 Å². The summed E-state index contributed by atoms with van der Waals surface area (Å²) >= 11 is 0. The molecule has 1 fully saturated rings. The lowest BCUT2D eigenvalue weighted by molar-refractivity contribution is 0.166. The van der Waals surface area contributed by atoms with Crippen LogP contribution in [0.3, 0.4) is 0 Å². The molecule has 100 valence electrons. The number of amides is 2. The van der Waals surface area contributed by atoms with Gasteiger partial charge in [-0.2, -0.15) is 0 Å². The maximum absolute atomic E-state index is 11.5. The number of aliphatic hydroxyl groups excluding tert-OH is 1. The Kier molecular flexibility index (Phi) is 4.64. The highest BCUT2D eigenvalue weighted by Crippen LogP contribution is 2.17. The van der Waals surface area contributed by atoms with E-state index in [0.29, 0.717) is 19.0 Å². The SMILES string of the molecule is O=C(NCC[C@H](O)c1ccoc1)NC1CCCC1. The van der Waals surface area contributed by atoms with Crippen molar-refractivity contribution in [3.05, 3.63) is 24.2 Å². The van der Waals surface area contributed by atoms with Crippen LogP contribution >= 0.6 is 0 Å². The monoisotopic (exact) mass is 252 g/mol. The Balaban J connectivity index is 1.61. The van der Waals surface area contributed by atoms with Crippen LogP contribution in [0.1, 0.15) is 43.8 Å². The van der Waals surface area contributed by atoms with E-state index >= 15 is 0 Å². The van der Waals surface area contributed by atoms with Gasteiger partial charge in [0.25, 0.3) is 0 Å². The Hall–Kier alpha value is -1.49. The number of hydrogen-bond donors (Lipinski definition) is 3. The van der Waals surface area contributed by atoms with Crippen LogP contribution in [0.5, 0.6) is 0 Å². The molecule has 1 aromatic heterocycles. The van der Waals surface area contributed by atoms with Crippen molar-refractivity contribution >= 4 is 6.03 Å². The molecule has 0 radical (unpaired) electrons. The van der Waals surface area contributed by atoms with Gasteiger partial charge in [0.15, 0.2) is 0 Å². The Morgan fingerprint density at radius 2 is 2.28 bits per heavy atom. The molecular weight excluding hydrogens is 232 g/mol. The molecule has 1 heterocycles. The van der Waals surface area contributed by atoms with Crippen LogP contribution in [0.4, 0.5) is 4.79 Å². The van der Waals surface area contributed by atoms with Crippen molar-refractivity contribution in [1.29, 1.82) is 0 Å². The molecule has 0 spiro atoms. The minimum Gasteiger partial charge on any atom is -0.472 e. The summed E-state index contributed by atoms with van der Waals surface area (Å²) in [6.45, 7) is 0.449. The first kappa shape index (κ1) is 13.0. The summed E-state index contributed by atoms with van der Waals surface area (Å²) in [6.07, 6.45) is 7.49. The van der Waals surface area contributed by atoms with Gasteiger partial charge in [0, 0.05) is 18.2 Å². The summed E-state index contributed by atoms with van der Waals surface area (Å²) in [5, 5.41) is 15.5. The van der Waals surface area contributed by atoms with E-state index in [1.165, 1.54) is 25.4 Å². The van der Waals surface area contributed by atoms with Gasteiger partial charge in [0.2, 0.25) is 0 Å². The first-order valence-corrected chi connectivity index (χ1v) is 6.50. The zero-order valence-corrected chi connectivity index (χ0v) is 10.4. The predicted octanol–water partition coefficient (Wildman–Crippen LogP) is 1.94. The van der Waals surface area contributed by atoms with Gasteiger partial charge in [0.1, 0.15) is 0 Å². The molecule has 0 unspecified atom stereocenters. The number of hydrogen-bond acceptors (Lipinski definition) is 3. The van der Waals surface area contributed by atoms with E-state index in [-0.39, 0.29) is 6.03 Å². The van der Waals surface area contributed by atoms with Crippen LogP contribution in [-0.2, 0) is 0 Å². The van der Waals surface area contributed by atoms with Crippen LogP contribution in [-0.4, -0.2) is 23.7 Å². The molecule has 5 nitrogen and oxygen atoms in total. The van der Waals surface area contributed by atoms with Crippen molar-refractivity contribution in [3.63, 3.8) is 0 Å². The Morgan fingerprint density at radius 3 is 2.94 bits per heavy atom. The van der Waals surface area contributed by atoms with Gasteiger partial charge in [-0.1, -0.05) is 12.8 Å². The zero-order chi connectivity index (χ0) is 12.8. The molecule has 18 heavy (non-hydrogen) atoms. The highest BCUT2D eigenvalue weighted by Gasteiger charge is 2.17. The van der Waals surface area contributed by atoms with Gasteiger partial charge in [-0.05, 0) is 25.3 Å². The summed E-state index contributed by atoms with van der Waals surface area (Å²) in [5.74, 6) is 0. The Bertz CT molecular complexity index is 358. The van der Waals surface area contributed by atoms with E-state index in [1.807, 2.05) is 0 Å². The lowest BCUT2D eigenvalue weighted by Crippen LogP contribution is -2.41. The molecule has 1 saturated carbocycles. The van der Waals surface area contributed by atoms with Crippen LogP contribution in [0, 0.1) is 0 Å². The fourth-order valence-electron chi connectivity index (χ4n) is 2.26. The van der Waals surface area contributed by atoms with Gasteiger partial charge in [-0.3, -0.25) is 0 Å². The highest BCUT2D eigenvalue weighted by atomic mass is 16.3. The zero-order valence-electron chi connectivity index (χ0n) is 10.4. The summed E-state index contributed by atoms with van der Waals surface area (Å²) in [4.78, 5) is 11.5. The van der Waals surface area contributed by atoms with E-state index in [1.54, 1.807) is 6.07 Å². The first-order valence-electron chi connectivity index (χ1n) is 6.50. The number of furan rings is 1. The van der Waals surface area contributed by atoms with Crippen LogP contribution in [0.25, 0.3) is 0 Å². The van der Waals surface area contributed by atoms with E-state index < -0.39 is 6.10 Å². The fraction of sp³-hybridized carbons (Fsp3) is 0.615. The Labute approximate surface area is 107 Å². The van der Waals surface area contributed by atoms with Gasteiger partial charge >= 0.3 is 6.03 Å². The van der Waals surface area contributed by atoms with Gasteiger partial charge in [0.05, 0.1) is 18.6 Å². The van der Waals surface area contributed by atoms with E-state index in [9.17, 15) is 9.90 Å². The van der Waals surface area contributed by atoms with E-state index in [4.69, 9.17) is 4.42 Å². The fourth-order valence-corrected chi connectivity index (χ4v) is 2.26. The topological polar surface area (TPSA) is 74.5 Å². The number of rotatable bonds is 5. The van der Waals surface area contributed by atoms with Crippen molar-refractivity contribution in [3.8, 4) is 0 Å².